The Morgan fingerprint density at radius 1 is 0.586 bits per heavy atom. The number of amides is 2. The maximum absolute atomic E-state index is 13.4. The van der Waals surface area contributed by atoms with Crippen LogP contribution in [0.15, 0.2) is 188 Å². The van der Waals surface area contributed by atoms with Crippen molar-refractivity contribution in [1.29, 1.82) is 0 Å². The Kier molecular flexibility index (Phi) is 12.2. The number of carbonyl (C=O) groups excluding carboxylic acids is 3. The van der Waals surface area contributed by atoms with E-state index in [1.54, 1.807) is 4.68 Å². The number of carboxylic acid groups (broad SMARTS) is 1. The van der Waals surface area contributed by atoms with Crippen molar-refractivity contribution in [2.24, 2.45) is 0 Å². The number of Topliss-reactive ketones (excluding diaryl/α,β-unsaturated/α-hetero) is 1. The smallest absolute Gasteiger partial charge is 0.291 e. The molecule has 10 heteroatoms. The molecule has 1 aromatic heterocycles. The van der Waals surface area contributed by atoms with Gasteiger partial charge in [0.25, 0.3) is 5.91 Å². The molecule has 7 rings (SSSR count). The van der Waals surface area contributed by atoms with Crippen molar-refractivity contribution in [1.82, 2.24) is 15.1 Å². The van der Waals surface area contributed by atoms with E-state index >= 15 is 0 Å². The normalized spacial score (nSPS) is 11.4. The molecule has 290 valence electrons. The number of hydrogen-bond acceptors (Lipinski definition) is 7. The third-order valence-corrected chi connectivity index (χ3v) is 10.1. The van der Waals surface area contributed by atoms with E-state index in [1.165, 1.54) is 6.20 Å². The predicted octanol–water partition coefficient (Wildman–Crippen LogP) is 7.13. The fourth-order valence-electron chi connectivity index (χ4n) is 7.37. The minimum atomic E-state index is -1.53. The molecule has 1 heterocycles. The van der Waals surface area contributed by atoms with Crippen molar-refractivity contribution in [3.63, 3.8) is 0 Å². The van der Waals surface area contributed by atoms with E-state index < -0.39 is 28.9 Å². The first kappa shape index (κ1) is 39.0. The summed E-state index contributed by atoms with van der Waals surface area (Å²) in [6.07, 6.45) is -0.386. The maximum Gasteiger partial charge on any atom is 0.291 e. The summed E-state index contributed by atoms with van der Waals surface area (Å²) in [5.41, 5.74) is 3.81. The van der Waals surface area contributed by atoms with Gasteiger partial charge in [0, 0.05) is 13.0 Å². The van der Waals surface area contributed by atoms with Gasteiger partial charge in [-0.3, -0.25) is 9.59 Å². The number of benzene rings is 6. The first-order chi connectivity index (χ1) is 28.4. The van der Waals surface area contributed by atoms with Gasteiger partial charge in [-0.2, -0.15) is 5.10 Å². The Morgan fingerprint density at radius 3 is 1.38 bits per heavy atom. The fraction of sp³-hybridized carbons (Fsp3) is 0.125. The highest BCUT2D eigenvalue weighted by Crippen LogP contribution is 2.43. The lowest BCUT2D eigenvalue weighted by atomic mass is 9.77. The number of anilines is 2. The van der Waals surface area contributed by atoms with Gasteiger partial charge in [-0.1, -0.05) is 182 Å². The lowest BCUT2D eigenvalue weighted by Gasteiger charge is -2.38. The minimum Gasteiger partial charge on any atom is -0.530 e. The zero-order valence-electron chi connectivity index (χ0n) is 31.7. The summed E-state index contributed by atoms with van der Waals surface area (Å²) in [4.78, 5) is 37.2. The lowest BCUT2D eigenvalue weighted by molar-refractivity contribution is -0.250. The molecule has 3 N–H and O–H groups in total. The molecule has 10 nitrogen and oxygen atoms in total. The SMILES string of the molecule is O=C([O-])NCCC(=O)C(=O)Nc1cnn(CCOC(c2ccccc2)(c2ccccc2)c2ccccc2)c1NC(c1ccccc1)(c1ccccc1)c1ccccc1. The molecule has 7 aromatic rings. The zero-order chi connectivity index (χ0) is 40.2. The van der Waals surface area contributed by atoms with E-state index in [9.17, 15) is 19.5 Å². The molecule has 6 aromatic carbocycles. The molecular formula is C48H42N5O5-. The number of nitrogens with zero attached hydrogens (tertiary/aromatic N) is 2. The highest BCUT2D eigenvalue weighted by molar-refractivity contribution is 6.40. The summed E-state index contributed by atoms with van der Waals surface area (Å²) in [7, 11) is 0. The van der Waals surface area contributed by atoms with E-state index in [2.05, 4.69) is 47.0 Å². The van der Waals surface area contributed by atoms with Crippen LogP contribution in [0.1, 0.15) is 39.8 Å². The summed E-state index contributed by atoms with van der Waals surface area (Å²) in [5.74, 6) is -1.31. The quantitative estimate of drug-likeness (QED) is 0.0663. The van der Waals surface area contributed by atoms with Gasteiger partial charge >= 0.3 is 0 Å². The molecule has 0 aliphatic heterocycles. The molecule has 0 aliphatic carbocycles. The summed E-state index contributed by atoms with van der Waals surface area (Å²) in [6.45, 7) is 0.136. The van der Waals surface area contributed by atoms with Gasteiger partial charge in [-0.15, -0.1) is 0 Å². The maximum atomic E-state index is 13.4. The van der Waals surface area contributed by atoms with Crippen LogP contribution in [0.3, 0.4) is 0 Å². The van der Waals surface area contributed by atoms with Gasteiger partial charge in [-0.25, -0.2) is 4.68 Å². The van der Waals surface area contributed by atoms with Crippen molar-refractivity contribution in [3.8, 4) is 0 Å². The Morgan fingerprint density at radius 2 is 0.983 bits per heavy atom. The van der Waals surface area contributed by atoms with Crippen molar-refractivity contribution >= 4 is 29.3 Å². The number of rotatable bonds is 17. The minimum absolute atomic E-state index is 0.172. The molecule has 0 unspecified atom stereocenters. The van der Waals surface area contributed by atoms with Crippen molar-refractivity contribution in [2.75, 3.05) is 23.8 Å². The zero-order valence-corrected chi connectivity index (χ0v) is 31.7. The van der Waals surface area contributed by atoms with Crippen molar-refractivity contribution < 1.29 is 24.2 Å². The van der Waals surface area contributed by atoms with Crippen molar-refractivity contribution in [3.05, 3.63) is 222 Å². The van der Waals surface area contributed by atoms with Gasteiger partial charge in [-0.05, 0) is 33.4 Å². The second-order valence-electron chi connectivity index (χ2n) is 13.6. The van der Waals surface area contributed by atoms with Crippen molar-refractivity contribution in [2.45, 2.75) is 24.1 Å². The van der Waals surface area contributed by atoms with E-state index in [1.807, 2.05) is 151 Å². The molecule has 0 atom stereocenters. The fourth-order valence-corrected chi connectivity index (χ4v) is 7.37. The third-order valence-electron chi connectivity index (χ3n) is 10.1. The summed E-state index contributed by atoms with van der Waals surface area (Å²) >= 11 is 0. The van der Waals surface area contributed by atoms with Crippen LogP contribution in [-0.4, -0.2) is 40.7 Å². The van der Waals surface area contributed by atoms with Gasteiger partial charge in [0.05, 0.1) is 19.3 Å². The molecule has 0 saturated heterocycles. The van der Waals surface area contributed by atoms with Gasteiger partial charge in [0.1, 0.15) is 28.7 Å². The summed E-state index contributed by atoms with van der Waals surface area (Å²) in [6, 6.07) is 60.2. The Balaban J connectivity index is 1.33. The van der Waals surface area contributed by atoms with Gasteiger partial charge < -0.3 is 30.6 Å². The monoisotopic (exact) mass is 768 g/mol. The number of aromatic nitrogens is 2. The second kappa shape index (κ2) is 18.1. The molecule has 0 aliphatic rings. The van der Waals surface area contributed by atoms with Crippen LogP contribution in [0.4, 0.5) is 16.3 Å². The van der Waals surface area contributed by atoms with Gasteiger partial charge in [0.15, 0.2) is 0 Å². The van der Waals surface area contributed by atoms with E-state index in [0.29, 0.717) is 5.82 Å². The molecule has 0 radical (unpaired) electrons. The molecule has 2 amide bonds. The summed E-state index contributed by atoms with van der Waals surface area (Å²) in [5, 5.41) is 24.3. The standard InChI is InChI=1S/C48H43N5O5/c54-43(31-32-49-46(56)57)45(55)51-42-35-50-53(33-34-58-48(39-25-13-4-14-26-39,40-27-15-5-16-28-40)41-29-17-6-18-30-41)44(42)52-47(36-19-7-1-8-20-36,37-21-9-2-10-22-37)38-23-11-3-12-24-38/h1-30,35,49,52H,31-34H2,(H,51,55)(H,56,57)/p-1. The molecular weight excluding hydrogens is 727 g/mol. The highest BCUT2D eigenvalue weighted by atomic mass is 16.5. The van der Waals surface area contributed by atoms with Crippen LogP contribution in [-0.2, 0) is 32.0 Å². The molecule has 0 saturated carbocycles. The number of ketones is 1. The van der Waals surface area contributed by atoms with Gasteiger partial charge in [0.2, 0.25) is 5.78 Å². The highest BCUT2D eigenvalue weighted by Gasteiger charge is 2.40. The Bertz CT molecular complexity index is 2220. The molecule has 0 spiro atoms. The lowest BCUT2D eigenvalue weighted by Crippen LogP contribution is -2.40. The molecule has 58 heavy (non-hydrogen) atoms. The first-order valence-electron chi connectivity index (χ1n) is 19.0. The number of hydrogen-bond donors (Lipinski definition) is 3. The largest absolute Gasteiger partial charge is 0.530 e. The first-order valence-corrected chi connectivity index (χ1v) is 19.0. The third kappa shape index (κ3) is 8.28. The van der Waals surface area contributed by atoms with Crippen LogP contribution in [0, 0.1) is 0 Å². The summed E-state index contributed by atoms with van der Waals surface area (Å²) < 4.78 is 8.86. The van der Waals surface area contributed by atoms with Crippen LogP contribution in [0.5, 0.6) is 0 Å². The van der Waals surface area contributed by atoms with E-state index in [0.717, 1.165) is 33.4 Å². The average Bonchev–Trinajstić information content (AvgIpc) is 3.65. The predicted molar refractivity (Wildman–Crippen MR) is 222 cm³/mol. The van der Waals surface area contributed by atoms with E-state index in [-0.39, 0.29) is 31.8 Å². The van der Waals surface area contributed by atoms with Crippen LogP contribution >= 0.6 is 0 Å². The number of carbonyl (C=O) groups is 3. The number of nitrogens with one attached hydrogen (secondary N) is 3. The van der Waals surface area contributed by atoms with E-state index in [4.69, 9.17) is 9.84 Å². The Labute approximate surface area is 337 Å². The Hall–Kier alpha value is -7.30. The molecule has 0 bridgehead atoms. The topological polar surface area (TPSA) is 137 Å². The van der Waals surface area contributed by atoms with Crippen LogP contribution < -0.4 is 21.1 Å². The molecule has 0 fully saturated rings. The second-order valence-corrected chi connectivity index (χ2v) is 13.6. The van der Waals surface area contributed by atoms with Crippen LogP contribution in [0.25, 0.3) is 0 Å². The van der Waals surface area contributed by atoms with Crippen LogP contribution in [0.2, 0.25) is 0 Å². The average molecular weight is 769 g/mol. The number of ether oxygens (including phenoxy) is 1.